The van der Waals surface area contributed by atoms with Crippen molar-refractivity contribution in [1.29, 1.82) is 5.26 Å². The molecule has 4 aromatic carbocycles. The van der Waals surface area contributed by atoms with E-state index in [1.54, 1.807) is 36.4 Å². The largest absolute Gasteiger partial charge is 0.490 e. The van der Waals surface area contributed by atoms with Crippen molar-refractivity contribution < 1.29 is 32.9 Å². The van der Waals surface area contributed by atoms with Gasteiger partial charge in [0, 0.05) is 11.6 Å². The molecule has 0 radical (unpaired) electrons. The van der Waals surface area contributed by atoms with E-state index in [0.717, 1.165) is 18.4 Å². The lowest BCUT2D eigenvalue weighted by Crippen LogP contribution is -2.21. The molecule has 0 saturated carbocycles. The monoisotopic (exact) mass is 676 g/mol. The van der Waals surface area contributed by atoms with E-state index in [9.17, 15) is 14.4 Å². The summed E-state index contributed by atoms with van der Waals surface area (Å²) >= 11 is 12.7. The third kappa shape index (κ3) is 7.74. The number of hydrogen-bond donors (Lipinski definition) is 1. The van der Waals surface area contributed by atoms with Gasteiger partial charge in [-0.15, -0.1) is 0 Å². The van der Waals surface area contributed by atoms with Crippen molar-refractivity contribution in [3.63, 3.8) is 0 Å². The number of nitrogens with zero attached hydrogens (tertiary/aromatic N) is 1. The van der Waals surface area contributed by atoms with Gasteiger partial charge >= 0.3 is 5.97 Å². The van der Waals surface area contributed by atoms with Crippen LogP contribution in [0, 0.1) is 17.1 Å². The number of fused-ring (bicyclic) bond motifs is 1. The van der Waals surface area contributed by atoms with Crippen molar-refractivity contribution >= 4 is 29.2 Å². The summed E-state index contributed by atoms with van der Waals surface area (Å²) in [6.45, 7) is 4.90. The lowest BCUT2D eigenvalue weighted by Gasteiger charge is -2.27. The summed E-state index contributed by atoms with van der Waals surface area (Å²) in [6, 6.07) is 21.2. The summed E-state index contributed by atoms with van der Waals surface area (Å²) < 4.78 is 42.3. The highest BCUT2D eigenvalue weighted by Crippen LogP contribution is 2.45. The standard InChI is InChI=1S/C36H31Cl2FN2O6/c1-3-5-14-44-34-28(37)15-23(16-29(34)38)36(42)46-25-11-12-26-31(18-25)47-35(41)27(19-40)33(26)22-8-13-30(32(17-22)43-4-2)45-20-21-6-9-24(39)10-7-21/h6-13,15-18,33H,3-5,14,20,41H2,1-2H3. The number of rotatable bonds is 12. The molecule has 0 fully saturated rings. The maximum absolute atomic E-state index is 13.3. The highest BCUT2D eigenvalue weighted by atomic mass is 35.5. The van der Waals surface area contributed by atoms with Crippen molar-refractivity contribution in [2.24, 2.45) is 5.73 Å². The number of nitrogens with two attached hydrogens (primary N) is 1. The molecule has 1 aliphatic rings. The van der Waals surface area contributed by atoms with Crippen molar-refractivity contribution in [3.8, 4) is 34.8 Å². The number of ether oxygens (including phenoxy) is 5. The van der Waals surface area contributed by atoms with E-state index >= 15 is 0 Å². The number of unbranched alkanes of at least 4 members (excludes halogenated alkanes) is 1. The van der Waals surface area contributed by atoms with Crippen molar-refractivity contribution in [1.82, 2.24) is 0 Å². The Morgan fingerprint density at radius 1 is 0.957 bits per heavy atom. The number of hydrogen-bond acceptors (Lipinski definition) is 8. The predicted octanol–water partition coefficient (Wildman–Crippen LogP) is 8.73. The van der Waals surface area contributed by atoms with Gasteiger partial charge in [-0.1, -0.05) is 60.8 Å². The Hall–Kier alpha value is -4.91. The van der Waals surface area contributed by atoms with Gasteiger partial charge in [-0.2, -0.15) is 5.26 Å². The zero-order valence-electron chi connectivity index (χ0n) is 25.6. The van der Waals surface area contributed by atoms with Crippen LogP contribution in [0.5, 0.6) is 28.7 Å². The molecule has 0 amide bonds. The summed E-state index contributed by atoms with van der Waals surface area (Å²) in [4.78, 5) is 13.1. The molecule has 0 aromatic heterocycles. The second-order valence-corrected chi connectivity index (χ2v) is 11.4. The fourth-order valence-corrected chi connectivity index (χ4v) is 5.57. The number of benzene rings is 4. The second-order valence-electron chi connectivity index (χ2n) is 10.5. The number of halogens is 3. The summed E-state index contributed by atoms with van der Waals surface area (Å²) in [5, 5.41) is 10.4. The molecule has 0 spiro atoms. The molecular weight excluding hydrogens is 646 g/mol. The van der Waals surface area contributed by atoms with E-state index in [4.69, 9.17) is 52.6 Å². The average molecular weight is 678 g/mol. The Morgan fingerprint density at radius 2 is 1.70 bits per heavy atom. The molecule has 4 aromatic rings. The van der Waals surface area contributed by atoms with Gasteiger partial charge in [0.15, 0.2) is 17.2 Å². The number of carbonyl (C=O) groups is 1. The molecule has 47 heavy (non-hydrogen) atoms. The molecule has 0 saturated heterocycles. The van der Waals surface area contributed by atoms with Gasteiger partial charge < -0.3 is 29.4 Å². The Morgan fingerprint density at radius 3 is 2.38 bits per heavy atom. The Kier molecular flexibility index (Phi) is 10.8. The van der Waals surface area contributed by atoms with Crippen LogP contribution in [0.4, 0.5) is 4.39 Å². The Balaban J connectivity index is 1.40. The molecule has 11 heteroatoms. The molecule has 1 heterocycles. The summed E-state index contributed by atoms with van der Waals surface area (Å²) in [6.07, 6.45) is 1.78. The molecule has 1 unspecified atom stereocenters. The molecule has 0 bridgehead atoms. The number of esters is 1. The number of allylic oxidation sites excluding steroid dienone is 1. The normalized spacial score (nSPS) is 13.7. The van der Waals surface area contributed by atoms with Crippen molar-refractivity contribution in [2.75, 3.05) is 13.2 Å². The van der Waals surface area contributed by atoms with Crippen LogP contribution in [0.2, 0.25) is 10.0 Å². The summed E-state index contributed by atoms with van der Waals surface area (Å²) in [5.74, 6) is 0.00677. The van der Waals surface area contributed by atoms with Crippen LogP contribution in [-0.4, -0.2) is 19.2 Å². The van der Waals surface area contributed by atoms with Crippen LogP contribution >= 0.6 is 23.2 Å². The molecule has 1 aliphatic heterocycles. The predicted molar refractivity (Wildman–Crippen MR) is 176 cm³/mol. The zero-order valence-corrected chi connectivity index (χ0v) is 27.2. The smallest absolute Gasteiger partial charge is 0.343 e. The summed E-state index contributed by atoms with van der Waals surface area (Å²) in [7, 11) is 0. The lowest BCUT2D eigenvalue weighted by atomic mass is 9.83. The van der Waals surface area contributed by atoms with E-state index in [2.05, 4.69) is 6.07 Å². The maximum Gasteiger partial charge on any atom is 0.343 e. The molecule has 1 atom stereocenters. The van der Waals surface area contributed by atoms with E-state index in [1.165, 1.54) is 30.3 Å². The fourth-order valence-electron chi connectivity index (χ4n) is 4.98. The van der Waals surface area contributed by atoms with Gasteiger partial charge in [0.25, 0.3) is 0 Å². The van der Waals surface area contributed by atoms with Crippen LogP contribution in [0.1, 0.15) is 59.7 Å². The number of carbonyl (C=O) groups excluding carboxylic acids is 1. The third-order valence-electron chi connectivity index (χ3n) is 7.29. The zero-order chi connectivity index (χ0) is 33.5. The molecular formula is C36H31Cl2FN2O6. The highest BCUT2D eigenvalue weighted by Gasteiger charge is 2.32. The van der Waals surface area contributed by atoms with E-state index in [1.807, 2.05) is 19.9 Å². The third-order valence-corrected chi connectivity index (χ3v) is 7.85. The summed E-state index contributed by atoms with van der Waals surface area (Å²) in [5.41, 5.74) is 8.66. The number of nitriles is 1. The van der Waals surface area contributed by atoms with Gasteiger partial charge in [-0.05, 0) is 66.9 Å². The Bertz CT molecular complexity index is 1830. The molecule has 242 valence electrons. The average Bonchev–Trinajstić information content (AvgIpc) is 3.05. The van der Waals surface area contributed by atoms with Gasteiger partial charge in [0.05, 0.1) is 34.7 Å². The van der Waals surface area contributed by atoms with Crippen LogP contribution in [-0.2, 0) is 6.61 Å². The second kappa shape index (κ2) is 15.1. The molecule has 5 rings (SSSR count). The SMILES string of the molecule is CCCCOc1c(Cl)cc(C(=O)Oc2ccc3c(c2)OC(N)=C(C#N)C3c2ccc(OCc3ccc(F)cc3)c(OCC)c2)cc1Cl. The first-order chi connectivity index (χ1) is 22.7. The minimum atomic E-state index is -0.694. The first-order valence-electron chi connectivity index (χ1n) is 14.9. The van der Waals surface area contributed by atoms with Crippen LogP contribution < -0.4 is 29.4 Å². The van der Waals surface area contributed by atoms with Crippen molar-refractivity contribution in [3.05, 3.63) is 122 Å². The van der Waals surface area contributed by atoms with E-state index < -0.39 is 11.9 Å². The van der Waals surface area contributed by atoms with E-state index in [-0.39, 0.29) is 45.2 Å². The quantitative estimate of drug-likeness (QED) is 0.0900. The lowest BCUT2D eigenvalue weighted by molar-refractivity contribution is 0.0734. The van der Waals surface area contributed by atoms with Gasteiger partial charge in [-0.3, -0.25) is 0 Å². The fraction of sp³-hybridized carbons (Fsp3) is 0.222. The minimum Gasteiger partial charge on any atom is -0.490 e. The topological polar surface area (TPSA) is 113 Å². The van der Waals surface area contributed by atoms with Crippen LogP contribution in [0.3, 0.4) is 0 Å². The van der Waals surface area contributed by atoms with Gasteiger partial charge in [0.1, 0.15) is 35.6 Å². The molecule has 0 aliphatic carbocycles. The Labute approximate surface area is 282 Å². The first kappa shape index (κ1) is 33.5. The molecule has 2 N–H and O–H groups in total. The van der Waals surface area contributed by atoms with E-state index in [0.29, 0.717) is 47.3 Å². The minimum absolute atomic E-state index is 0.0831. The molecule has 8 nitrogen and oxygen atoms in total. The highest BCUT2D eigenvalue weighted by molar-refractivity contribution is 6.37. The van der Waals surface area contributed by atoms with Crippen LogP contribution in [0.15, 0.2) is 84.3 Å². The van der Waals surface area contributed by atoms with Gasteiger partial charge in [0.2, 0.25) is 5.88 Å². The first-order valence-corrected chi connectivity index (χ1v) is 15.7. The maximum atomic E-state index is 13.3. The van der Waals surface area contributed by atoms with Crippen molar-refractivity contribution in [2.45, 2.75) is 39.2 Å². The van der Waals surface area contributed by atoms with Gasteiger partial charge in [-0.25, -0.2) is 9.18 Å². The van der Waals surface area contributed by atoms with Crippen LogP contribution in [0.25, 0.3) is 0 Å².